The summed E-state index contributed by atoms with van der Waals surface area (Å²) < 4.78 is 2.27. The molecule has 0 saturated heterocycles. The SMILES string of the molecule is CCCC(NCC)c1ccn(CCCCCO)c1. The molecule has 3 heteroatoms. The molecule has 104 valence electrons. The van der Waals surface area contributed by atoms with E-state index in [0.29, 0.717) is 12.6 Å². The molecule has 0 aliphatic rings. The quantitative estimate of drug-likeness (QED) is 0.628. The smallest absolute Gasteiger partial charge is 0.0431 e. The number of rotatable bonds is 10. The van der Waals surface area contributed by atoms with Crippen molar-refractivity contribution in [2.75, 3.05) is 13.2 Å². The molecular formula is C15H28N2O. The topological polar surface area (TPSA) is 37.2 Å². The molecule has 1 aromatic rings. The molecule has 0 saturated carbocycles. The Morgan fingerprint density at radius 2 is 2.11 bits per heavy atom. The summed E-state index contributed by atoms with van der Waals surface area (Å²) in [5.74, 6) is 0. The number of hydrogen-bond donors (Lipinski definition) is 2. The molecule has 1 aromatic heterocycles. The van der Waals surface area contributed by atoms with E-state index in [1.54, 1.807) is 0 Å². The van der Waals surface area contributed by atoms with E-state index in [4.69, 9.17) is 5.11 Å². The molecule has 0 amide bonds. The Bertz CT molecular complexity index is 303. The van der Waals surface area contributed by atoms with Crippen molar-refractivity contribution in [2.45, 2.75) is 58.5 Å². The third-order valence-electron chi connectivity index (χ3n) is 3.28. The minimum atomic E-state index is 0.315. The van der Waals surface area contributed by atoms with E-state index in [1.807, 2.05) is 0 Å². The average molecular weight is 252 g/mol. The van der Waals surface area contributed by atoms with Crippen molar-refractivity contribution >= 4 is 0 Å². The predicted octanol–water partition coefficient (Wildman–Crippen LogP) is 3.10. The van der Waals surface area contributed by atoms with Crippen LogP contribution in [0.2, 0.25) is 0 Å². The lowest BCUT2D eigenvalue weighted by atomic mass is 10.1. The summed E-state index contributed by atoms with van der Waals surface area (Å²) in [7, 11) is 0. The van der Waals surface area contributed by atoms with Crippen molar-refractivity contribution < 1.29 is 5.11 Å². The number of aromatic nitrogens is 1. The Balaban J connectivity index is 2.44. The summed E-state index contributed by atoms with van der Waals surface area (Å²) in [6, 6.07) is 2.73. The first-order valence-electron chi connectivity index (χ1n) is 7.31. The van der Waals surface area contributed by atoms with Crippen LogP contribution in [-0.2, 0) is 6.54 Å². The minimum Gasteiger partial charge on any atom is -0.396 e. The van der Waals surface area contributed by atoms with Crippen molar-refractivity contribution in [1.29, 1.82) is 0 Å². The summed E-state index contributed by atoms with van der Waals surface area (Å²) in [4.78, 5) is 0. The second-order valence-corrected chi connectivity index (χ2v) is 4.87. The Hall–Kier alpha value is -0.800. The molecule has 0 radical (unpaired) electrons. The molecule has 0 aliphatic carbocycles. The zero-order valence-electron chi connectivity index (χ0n) is 11.9. The number of nitrogens with one attached hydrogen (secondary N) is 1. The summed E-state index contributed by atoms with van der Waals surface area (Å²) >= 11 is 0. The molecule has 1 atom stereocenters. The molecule has 0 aromatic carbocycles. The van der Waals surface area contributed by atoms with Crippen LogP contribution in [0.15, 0.2) is 18.5 Å². The summed E-state index contributed by atoms with van der Waals surface area (Å²) in [6.07, 6.45) is 10.0. The molecule has 0 spiro atoms. The van der Waals surface area contributed by atoms with E-state index in [9.17, 15) is 0 Å². The summed E-state index contributed by atoms with van der Waals surface area (Å²) in [5.41, 5.74) is 1.40. The number of nitrogens with zero attached hydrogens (tertiary/aromatic N) is 1. The van der Waals surface area contributed by atoms with Gasteiger partial charge in [0.15, 0.2) is 0 Å². The first-order chi connectivity index (χ1) is 8.81. The Kier molecular flexibility index (Phi) is 7.78. The van der Waals surface area contributed by atoms with Gasteiger partial charge in [-0.1, -0.05) is 20.3 Å². The zero-order valence-corrected chi connectivity index (χ0v) is 11.9. The lowest BCUT2D eigenvalue weighted by Gasteiger charge is -2.15. The van der Waals surface area contributed by atoms with E-state index in [1.165, 1.54) is 18.4 Å². The van der Waals surface area contributed by atoms with E-state index < -0.39 is 0 Å². The van der Waals surface area contributed by atoms with Gasteiger partial charge in [-0.3, -0.25) is 0 Å². The summed E-state index contributed by atoms with van der Waals surface area (Å²) in [6.45, 7) is 6.79. The van der Waals surface area contributed by atoms with Crippen molar-refractivity contribution in [3.8, 4) is 0 Å². The van der Waals surface area contributed by atoms with Crippen LogP contribution < -0.4 is 5.32 Å². The van der Waals surface area contributed by atoms with Gasteiger partial charge in [-0.05, 0) is 43.9 Å². The third kappa shape index (κ3) is 5.23. The fraction of sp³-hybridized carbons (Fsp3) is 0.733. The van der Waals surface area contributed by atoms with E-state index in [2.05, 4.69) is 42.2 Å². The van der Waals surface area contributed by atoms with Crippen molar-refractivity contribution in [1.82, 2.24) is 9.88 Å². The summed E-state index contributed by atoms with van der Waals surface area (Å²) in [5, 5.41) is 12.3. The second-order valence-electron chi connectivity index (χ2n) is 4.87. The molecule has 0 bridgehead atoms. The standard InChI is InChI=1S/C15H28N2O/c1-3-8-15(16-4-2)14-9-11-17(13-14)10-6-5-7-12-18/h9,11,13,15-16,18H,3-8,10,12H2,1-2H3. The minimum absolute atomic E-state index is 0.315. The van der Waals surface area contributed by atoms with Crippen LogP contribution in [0.3, 0.4) is 0 Å². The average Bonchev–Trinajstić information content (AvgIpc) is 2.83. The Labute approximate surface area is 111 Å². The normalized spacial score (nSPS) is 12.8. The zero-order chi connectivity index (χ0) is 13.2. The van der Waals surface area contributed by atoms with Gasteiger partial charge in [0, 0.05) is 31.6 Å². The van der Waals surface area contributed by atoms with Gasteiger partial charge in [-0.15, -0.1) is 0 Å². The Morgan fingerprint density at radius 3 is 2.78 bits per heavy atom. The molecule has 1 rings (SSSR count). The number of aliphatic hydroxyl groups excluding tert-OH is 1. The molecule has 0 aliphatic heterocycles. The van der Waals surface area contributed by atoms with Crippen molar-refractivity contribution in [3.05, 3.63) is 24.0 Å². The molecule has 18 heavy (non-hydrogen) atoms. The first-order valence-corrected chi connectivity index (χ1v) is 7.31. The Morgan fingerprint density at radius 1 is 1.28 bits per heavy atom. The van der Waals surface area contributed by atoms with Gasteiger partial charge in [0.2, 0.25) is 0 Å². The van der Waals surface area contributed by atoms with Crippen LogP contribution in [0.4, 0.5) is 0 Å². The predicted molar refractivity (Wildman–Crippen MR) is 76.7 cm³/mol. The van der Waals surface area contributed by atoms with Gasteiger partial charge in [-0.25, -0.2) is 0 Å². The maximum absolute atomic E-state index is 8.74. The van der Waals surface area contributed by atoms with Crippen LogP contribution in [0.5, 0.6) is 0 Å². The van der Waals surface area contributed by atoms with Crippen LogP contribution in [0.1, 0.15) is 57.6 Å². The fourth-order valence-electron chi connectivity index (χ4n) is 2.31. The van der Waals surface area contributed by atoms with Crippen LogP contribution in [0, 0.1) is 0 Å². The molecule has 3 nitrogen and oxygen atoms in total. The van der Waals surface area contributed by atoms with Crippen molar-refractivity contribution in [2.24, 2.45) is 0 Å². The largest absolute Gasteiger partial charge is 0.396 e. The highest BCUT2D eigenvalue weighted by atomic mass is 16.2. The second kappa shape index (κ2) is 9.17. The van der Waals surface area contributed by atoms with Gasteiger partial charge in [-0.2, -0.15) is 0 Å². The third-order valence-corrected chi connectivity index (χ3v) is 3.28. The van der Waals surface area contributed by atoms with E-state index in [-0.39, 0.29) is 0 Å². The van der Waals surface area contributed by atoms with Gasteiger partial charge in [0.1, 0.15) is 0 Å². The highest BCUT2D eigenvalue weighted by molar-refractivity contribution is 5.15. The van der Waals surface area contributed by atoms with Gasteiger partial charge in [0.05, 0.1) is 0 Å². The van der Waals surface area contributed by atoms with Gasteiger partial charge in [0.25, 0.3) is 0 Å². The first kappa shape index (κ1) is 15.3. The number of unbranched alkanes of at least 4 members (excludes halogenated alkanes) is 2. The number of aliphatic hydroxyl groups is 1. The highest BCUT2D eigenvalue weighted by Gasteiger charge is 2.10. The lowest BCUT2D eigenvalue weighted by Crippen LogP contribution is -2.20. The highest BCUT2D eigenvalue weighted by Crippen LogP contribution is 2.19. The van der Waals surface area contributed by atoms with Crippen molar-refractivity contribution in [3.63, 3.8) is 0 Å². The monoisotopic (exact) mass is 252 g/mol. The molecule has 1 heterocycles. The molecule has 1 unspecified atom stereocenters. The number of aryl methyl sites for hydroxylation is 1. The van der Waals surface area contributed by atoms with Gasteiger partial charge < -0.3 is 15.0 Å². The fourth-order valence-corrected chi connectivity index (χ4v) is 2.31. The maximum Gasteiger partial charge on any atom is 0.0431 e. The number of hydrogen-bond acceptors (Lipinski definition) is 2. The lowest BCUT2D eigenvalue weighted by molar-refractivity contribution is 0.282. The van der Waals surface area contributed by atoms with Crippen LogP contribution in [-0.4, -0.2) is 22.8 Å². The van der Waals surface area contributed by atoms with Crippen LogP contribution >= 0.6 is 0 Å². The van der Waals surface area contributed by atoms with Gasteiger partial charge >= 0.3 is 0 Å². The maximum atomic E-state index is 8.74. The van der Waals surface area contributed by atoms with E-state index >= 15 is 0 Å². The molecular weight excluding hydrogens is 224 g/mol. The van der Waals surface area contributed by atoms with E-state index in [0.717, 1.165) is 32.4 Å². The van der Waals surface area contributed by atoms with Crippen LogP contribution in [0.25, 0.3) is 0 Å². The molecule has 0 fully saturated rings. The molecule has 2 N–H and O–H groups in total.